The van der Waals surface area contributed by atoms with Crippen molar-refractivity contribution in [3.8, 4) is 0 Å². The van der Waals surface area contributed by atoms with Crippen molar-refractivity contribution in [3.63, 3.8) is 0 Å². The van der Waals surface area contributed by atoms with Crippen molar-refractivity contribution >= 4 is 56.8 Å². The van der Waals surface area contributed by atoms with Crippen LogP contribution < -0.4 is 10.6 Å². The summed E-state index contributed by atoms with van der Waals surface area (Å²) in [5.74, 6) is 0.162. The van der Waals surface area contributed by atoms with Crippen molar-refractivity contribution in [1.29, 1.82) is 0 Å². The lowest BCUT2D eigenvalue weighted by molar-refractivity contribution is -0.118. The third-order valence-corrected chi connectivity index (χ3v) is 5.38. The number of rotatable bonds is 7. The summed E-state index contributed by atoms with van der Waals surface area (Å²) in [5.41, 5.74) is 2.03. The van der Waals surface area contributed by atoms with E-state index in [1.54, 1.807) is 42.1 Å². The van der Waals surface area contributed by atoms with Crippen LogP contribution >= 0.6 is 39.3 Å². The van der Waals surface area contributed by atoms with Gasteiger partial charge in [0.05, 0.1) is 16.3 Å². The molecule has 0 aromatic heterocycles. The minimum Gasteiger partial charge on any atom is -0.340 e. The van der Waals surface area contributed by atoms with Crippen LogP contribution in [0.4, 0.5) is 5.69 Å². The summed E-state index contributed by atoms with van der Waals surface area (Å²) in [7, 11) is 0. The maximum atomic E-state index is 12.7. The maximum absolute atomic E-state index is 12.7. The molecule has 2 amide bonds. The van der Waals surface area contributed by atoms with Crippen LogP contribution in [0.3, 0.4) is 0 Å². The Labute approximate surface area is 171 Å². The second-order valence-corrected chi connectivity index (χ2v) is 8.01. The smallest absolute Gasteiger partial charge is 0.253 e. The van der Waals surface area contributed by atoms with Crippen LogP contribution in [0.15, 0.2) is 46.9 Å². The van der Waals surface area contributed by atoms with Crippen molar-refractivity contribution in [2.75, 3.05) is 17.3 Å². The minimum atomic E-state index is -0.653. The van der Waals surface area contributed by atoms with Crippen LogP contribution in [0.1, 0.15) is 22.3 Å². The molecule has 138 valence electrons. The average molecular weight is 456 g/mol. The molecule has 1 unspecified atom stereocenters. The first kappa shape index (κ1) is 20.8. The minimum absolute atomic E-state index is 0.287. The molecule has 0 bridgehead atoms. The van der Waals surface area contributed by atoms with E-state index in [1.807, 2.05) is 25.3 Å². The Balaban J connectivity index is 2.14. The Morgan fingerprint density at radius 3 is 2.62 bits per heavy atom. The highest BCUT2D eigenvalue weighted by atomic mass is 79.9. The fourth-order valence-electron chi connectivity index (χ4n) is 2.33. The number of thioether (sulfide) groups is 1. The molecule has 0 heterocycles. The summed E-state index contributed by atoms with van der Waals surface area (Å²) in [4.78, 5) is 25.3. The van der Waals surface area contributed by atoms with Gasteiger partial charge in [0.15, 0.2) is 0 Å². The molecule has 0 saturated carbocycles. The van der Waals surface area contributed by atoms with Gasteiger partial charge in [-0.15, -0.1) is 0 Å². The number of benzene rings is 2. The number of hydrogen-bond donors (Lipinski definition) is 2. The molecule has 2 aromatic carbocycles. The van der Waals surface area contributed by atoms with Gasteiger partial charge in [0.25, 0.3) is 5.91 Å². The van der Waals surface area contributed by atoms with Crippen molar-refractivity contribution < 1.29 is 9.59 Å². The summed E-state index contributed by atoms with van der Waals surface area (Å²) < 4.78 is 0.683. The van der Waals surface area contributed by atoms with E-state index in [9.17, 15) is 9.59 Å². The summed E-state index contributed by atoms with van der Waals surface area (Å²) in [6, 6.07) is 11.9. The molecule has 0 radical (unpaired) electrons. The topological polar surface area (TPSA) is 58.2 Å². The molecule has 4 nitrogen and oxygen atoms in total. The molecule has 0 aliphatic rings. The molecule has 0 saturated heterocycles. The van der Waals surface area contributed by atoms with Gasteiger partial charge in [-0.05, 0) is 71.1 Å². The normalized spacial score (nSPS) is 11.7. The molecule has 0 fully saturated rings. The van der Waals surface area contributed by atoms with Crippen molar-refractivity contribution in [3.05, 3.63) is 63.1 Å². The third-order valence-electron chi connectivity index (χ3n) is 3.73. The van der Waals surface area contributed by atoms with Crippen LogP contribution in [-0.4, -0.2) is 29.9 Å². The number of carbonyl (C=O) groups is 2. The van der Waals surface area contributed by atoms with E-state index in [0.29, 0.717) is 27.2 Å². The summed E-state index contributed by atoms with van der Waals surface area (Å²) in [6.45, 7) is 1.93. The van der Waals surface area contributed by atoms with E-state index in [1.165, 1.54) is 0 Å². The van der Waals surface area contributed by atoms with Gasteiger partial charge in [-0.2, -0.15) is 11.8 Å². The second-order valence-electron chi connectivity index (χ2n) is 5.76. The largest absolute Gasteiger partial charge is 0.340 e. The molecule has 2 aromatic rings. The predicted octanol–water partition coefficient (Wildman–Crippen LogP) is 4.90. The molecular weight excluding hydrogens is 436 g/mol. The van der Waals surface area contributed by atoms with Crippen molar-refractivity contribution in [1.82, 2.24) is 5.32 Å². The predicted molar refractivity (Wildman–Crippen MR) is 113 cm³/mol. The lowest BCUT2D eigenvalue weighted by Crippen LogP contribution is -2.44. The first-order valence-corrected chi connectivity index (χ1v) is 10.6. The summed E-state index contributed by atoms with van der Waals surface area (Å²) in [6.07, 6.45) is 2.48. The van der Waals surface area contributed by atoms with Crippen molar-refractivity contribution in [2.24, 2.45) is 0 Å². The Kier molecular flexibility index (Phi) is 8.00. The SMILES string of the molecule is CSCCC(NC(=O)c1ccccc1Br)C(=O)Nc1ccc(C)cc1Cl. The van der Waals surface area contributed by atoms with Crippen LogP contribution in [-0.2, 0) is 4.79 Å². The van der Waals surface area contributed by atoms with Crippen LogP contribution in [0.2, 0.25) is 5.02 Å². The number of hydrogen-bond acceptors (Lipinski definition) is 3. The van der Waals surface area contributed by atoms with E-state index < -0.39 is 6.04 Å². The highest BCUT2D eigenvalue weighted by Gasteiger charge is 2.22. The number of halogens is 2. The maximum Gasteiger partial charge on any atom is 0.253 e. The Hall–Kier alpha value is -1.50. The van der Waals surface area contributed by atoms with Gasteiger partial charge < -0.3 is 10.6 Å². The molecule has 0 aliphatic heterocycles. The van der Waals surface area contributed by atoms with E-state index in [4.69, 9.17) is 11.6 Å². The van der Waals surface area contributed by atoms with E-state index in [0.717, 1.165) is 11.3 Å². The first-order chi connectivity index (χ1) is 12.4. The lowest BCUT2D eigenvalue weighted by Gasteiger charge is -2.19. The number of aryl methyl sites for hydroxylation is 1. The third kappa shape index (κ3) is 5.76. The van der Waals surface area contributed by atoms with Crippen LogP contribution in [0.25, 0.3) is 0 Å². The molecule has 2 N–H and O–H groups in total. The van der Waals surface area contributed by atoms with Crippen LogP contribution in [0, 0.1) is 6.92 Å². The van der Waals surface area contributed by atoms with Gasteiger partial charge in [0.2, 0.25) is 5.91 Å². The van der Waals surface area contributed by atoms with Gasteiger partial charge in [0.1, 0.15) is 6.04 Å². The second kappa shape index (κ2) is 10.00. The first-order valence-electron chi connectivity index (χ1n) is 8.03. The highest BCUT2D eigenvalue weighted by Crippen LogP contribution is 2.23. The quantitative estimate of drug-likeness (QED) is 0.624. The van der Waals surface area contributed by atoms with Gasteiger partial charge in [0, 0.05) is 4.47 Å². The lowest BCUT2D eigenvalue weighted by atomic mass is 10.1. The van der Waals surface area contributed by atoms with Crippen molar-refractivity contribution in [2.45, 2.75) is 19.4 Å². The average Bonchev–Trinajstić information content (AvgIpc) is 2.61. The van der Waals surface area contributed by atoms with Gasteiger partial charge in [-0.3, -0.25) is 9.59 Å². The Morgan fingerprint density at radius 1 is 1.23 bits per heavy atom. The molecule has 2 rings (SSSR count). The number of nitrogens with one attached hydrogen (secondary N) is 2. The molecule has 7 heteroatoms. The summed E-state index contributed by atoms with van der Waals surface area (Å²) in [5, 5.41) is 6.11. The van der Waals surface area contributed by atoms with E-state index in [2.05, 4.69) is 26.6 Å². The monoisotopic (exact) mass is 454 g/mol. The van der Waals surface area contributed by atoms with E-state index in [-0.39, 0.29) is 11.8 Å². The zero-order valence-electron chi connectivity index (χ0n) is 14.5. The standard InChI is InChI=1S/C19H20BrClN2O2S/c1-12-7-8-16(15(21)11-12)22-19(25)17(9-10-26-2)23-18(24)13-5-3-4-6-14(13)20/h3-8,11,17H,9-10H2,1-2H3,(H,22,25)(H,23,24). The van der Waals surface area contributed by atoms with E-state index >= 15 is 0 Å². The molecular formula is C19H20BrClN2O2S. The Morgan fingerprint density at radius 2 is 1.96 bits per heavy atom. The molecule has 0 aliphatic carbocycles. The van der Waals surface area contributed by atoms with Gasteiger partial charge in [-0.1, -0.05) is 29.8 Å². The fraction of sp³-hybridized carbons (Fsp3) is 0.263. The number of carbonyl (C=O) groups excluding carboxylic acids is 2. The molecule has 1 atom stereocenters. The Bertz CT molecular complexity index is 801. The molecule has 26 heavy (non-hydrogen) atoms. The zero-order chi connectivity index (χ0) is 19.1. The summed E-state index contributed by atoms with van der Waals surface area (Å²) >= 11 is 11.2. The van der Waals surface area contributed by atoms with Gasteiger partial charge in [-0.25, -0.2) is 0 Å². The fourth-order valence-corrected chi connectivity index (χ4v) is 3.55. The number of anilines is 1. The number of amides is 2. The zero-order valence-corrected chi connectivity index (χ0v) is 17.7. The van der Waals surface area contributed by atoms with Gasteiger partial charge >= 0.3 is 0 Å². The van der Waals surface area contributed by atoms with Crippen LogP contribution in [0.5, 0.6) is 0 Å². The molecule has 0 spiro atoms. The highest BCUT2D eigenvalue weighted by molar-refractivity contribution is 9.10.